The summed E-state index contributed by atoms with van der Waals surface area (Å²) in [6, 6.07) is 1.87. The van der Waals surface area contributed by atoms with Crippen molar-refractivity contribution < 1.29 is 13.6 Å². The maximum Gasteiger partial charge on any atom is 0.253 e. The summed E-state index contributed by atoms with van der Waals surface area (Å²) in [6.07, 6.45) is 4.53. The third kappa shape index (κ3) is 2.17. The van der Waals surface area contributed by atoms with Gasteiger partial charge in [-0.3, -0.25) is 4.79 Å². The third-order valence-electron chi connectivity index (χ3n) is 4.39. The average Bonchev–Trinajstić information content (AvgIpc) is 2.95. The van der Waals surface area contributed by atoms with E-state index in [2.05, 4.69) is 5.32 Å². The second-order valence-corrected chi connectivity index (χ2v) is 5.61. The molecule has 1 amide bonds. The van der Waals surface area contributed by atoms with E-state index < -0.39 is 17.5 Å². The molecule has 3 nitrogen and oxygen atoms in total. The zero-order valence-electron chi connectivity index (χ0n) is 10.5. The lowest BCUT2D eigenvalue weighted by atomic mass is 9.95. The number of carbonyl (C=O) groups excluding carboxylic acids is 1. The maximum absolute atomic E-state index is 13.2. The molecule has 2 bridgehead atoms. The van der Waals surface area contributed by atoms with Crippen LogP contribution in [0.5, 0.6) is 0 Å². The van der Waals surface area contributed by atoms with Gasteiger partial charge >= 0.3 is 0 Å². The molecule has 3 N–H and O–H groups in total. The summed E-state index contributed by atoms with van der Waals surface area (Å²) < 4.78 is 26.1. The number of rotatable bonds is 2. The smallest absolute Gasteiger partial charge is 0.253 e. The zero-order chi connectivity index (χ0) is 13.6. The summed E-state index contributed by atoms with van der Waals surface area (Å²) in [7, 11) is 0. The van der Waals surface area contributed by atoms with Gasteiger partial charge in [-0.2, -0.15) is 0 Å². The van der Waals surface area contributed by atoms with Crippen LogP contribution in [0, 0.1) is 23.5 Å². The van der Waals surface area contributed by atoms with E-state index in [0.717, 1.165) is 31.4 Å². The topological polar surface area (TPSA) is 55.1 Å². The fourth-order valence-corrected chi connectivity index (χ4v) is 3.43. The number of fused-ring (bicyclic) bond motifs is 2. The van der Waals surface area contributed by atoms with E-state index in [9.17, 15) is 13.6 Å². The number of amides is 1. The van der Waals surface area contributed by atoms with E-state index in [4.69, 9.17) is 5.73 Å². The molecule has 102 valence electrons. The Kier molecular flexibility index (Phi) is 2.92. The highest BCUT2D eigenvalue weighted by Gasteiger charge is 2.40. The SMILES string of the molecule is Nc1cc(F)c(F)cc1C(=O)NC1CC2CCC1C2. The van der Waals surface area contributed by atoms with Crippen LogP contribution in [0.4, 0.5) is 14.5 Å². The summed E-state index contributed by atoms with van der Waals surface area (Å²) in [5.74, 6) is -1.26. The summed E-state index contributed by atoms with van der Waals surface area (Å²) >= 11 is 0. The van der Waals surface area contributed by atoms with Gasteiger partial charge < -0.3 is 11.1 Å². The second kappa shape index (κ2) is 4.47. The highest BCUT2D eigenvalue weighted by atomic mass is 19.2. The van der Waals surface area contributed by atoms with Crippen LogP contribution in [0.15, 0.2) is 12.1 Å². The first kappa shape index (κ1) is 12.4. The standard InChI is InChI=1S/C14H16F2N2O/c15-10-5-9(12(17)6-11(10)16)14(19)18-13-4-7-1-2-8(13)3-7/h5-8,13H,1-4,17H2,(H,18,19). The number of nitrogens with two attached hydrogens (primary N) is 1. The van der Waals surface area contributed by atoms with Crippen molar-refractivity contribution in [1.29, 1.82) is 0 Å². The molecule has 1 aromatic carbocycles. The van der Waals surface area contributed by atoms with Crippen molar-refractivity contribution in [2.45, 2.75) is 31.7 Å². The molecule has 0 saturated heterocycles. The predicted molar refractivity (Wildman–Crippen MR) is 67.5 cm³/mol. The molecule has 0 aliphatic heterocycles. The first-order valence-electron chi connectivity index (χ1n) is 6.60. The summed E-state index contributed by atoms with van der Waals surface area (Å²) in [5.41, 5.74) is 5.56. The molecule has 2 saturated carbocycles. The van der Waals surface area contributed by atoms with E-state index in [1.165, 1.54) is 6.42 Å². The van der Waals surface area contributed by atoms with E-state index in [1.807, 2.05) is 0 Å². The molecule has 19 heavy (non-hydrogen) atoms. The molecular weight excluding hydrogens is 250 g/mol. The molecule has 2 aliphatic rings. The highest BCUT2D eigenvalue weighted by Crippen LogP contribution is 2.44. The Morgan fingerprint density at radius 1 is 1.21 bits per heavy atom. The molecule has 2 aliphatic carbocycles. The summed E-state index contributed by atoms with van der Waals surface area (Å²) in [5, 5.41) is 2.91. The lowest BCUT2D eigenvalue weighted by Crippen LogP contribution is -2.38. The van der Waals surface area contributed by atoms with Gasteiger partial charge in [0.15, 0.2) is 11.6 Å². The second-order valence-electron chi connectivity index (χ2n) is 5.61. The highest BCUT2D eigenvalue weighted by molar-refractivity contribution is 5.99. The minimum atomic E-state index is -1.05. The monoisotopic (exact) mass is 266 g/mol. The lowest BCUT2D eigenvalue weighted by molar-refractivity contribution is 0.0923. The Morgan fingerprint density at radius 2 is 1.95 bits per heavy atom. The van der Waals surface area contributed by atoms with E-state index in [0.29, 0.717) is 11.8 Å². The Bertz CT molecular complexity index is 532. The summed E-state index contributed by atoms with van der Waals surface area (Å²) in [6.45, 7) is 0. The maximum atomic E-state index is 13.2. The predicted octanol–water partition coefficient (Wildman–Crippen LogP) is 2.47. The number of nitrogens with one attached hydrogen (secondary N) is 1. The van der Waals surface area contributed by atoms with Gasteiger partial charge in [0.25, 0.3) is 5.91 Å². The zero-order valence-corrected chi connectivity index (χ0v) is 10.5. The molecule has 3 unspecified atom stereocenters. The lowest BCUT2D eigenvalue weighted by Gasteiger charge is -2.23. The van der Waals surface area contributed by atoms with Crippen LogP contribution in [-0.4, -0.2) is 11.9 Å². The van der Waals surface area contributed by atoms with Gasteiger partial charge in [0, 0.05) is 17.8 Å². The van der Waals surface area contributed by atoms with Gasteiger partial charge in [0.1, 0.15) is 0 Å². The minimum Gasteiger partial charge on any atom is -0.398 e. The fraction of sp³-hybridized carbons (Fsp3) is 0.500. The van der Waals surface area contributed by atoms with E-state index in [1.54, 1.807) is 0 Å². The van der Waals surface area contributed by atoms with Crippen molar-refractivity contribution in [3.05, 3.63) is 29.3 Å². The van der Waals surface area contributed by atoms with Crippen molar-refractivity contribution in [3.8, 4) is 0 Å². The van der Waals surface area contributed by atoms with Gasteiger partial charge in [-0.15, -0.1) is 0 Å². The van der Waals surface area contributed by atoms with Crippen LogP contribution in [0.2, 0.25) is 0 Å². The van der Waals surface area contributed by atoms with Gasteiger partial charge in [0.2, 0.25) is 0 Å². The molecule has 1 aromatic rings. The molecular formula is C14H16F2N2O. The number of hydrogen-bond donors (Lipinski definition) is 2. The van der Waals surface area contributed by atoms with Crippen molar-refractivity contribution in [2.75, 3.05) is 5.73 Å². The van der Waals surface area contributed by atoms with Gasteiger partial charge in [-0.25, -0.2) is 8.78 Å². The van der Waals surface area contributed by atoms with Gasteiger partial charge in [-0.1, -0.05) is 6.42 Å². The Morgan fingerprint density at radius 3 is 2.58 bits per heavy atom. The van der Waals surface area contributed by atoms with Crippen molar-refractivity contribution >= 4 is 11.6 Å². The molecule has 0 radical (unpaired) electrons. The van der Waals surface area contributed by atoms with Crippen LogP contribution in [0.1, 0.15) is 36.0 Å². The fourth-order valence-electron chi connectivity index (χ4n) is 3.43. The van der Waals surface area contributed by atoms with Crippen LogP contribution < -0.4 is 11.1 Å². The van der Waals surface area contributed by atoms with E-state index >= 15 is 0 Å². The van der Waals surface area contributed by atoms with Crippen LogP contribution in [-0.2, 0) is 0 Å². The van der Waals surface area contributed by atoms with Crippen LogP contribution in [0.3, 0.4) is 0 Å². The largest absolute Gasteiger partial charge is 0.398 e. The van der Waals surface area contributed by atoms with Gasteiger partial charge in [-0.05, 0) is 37.2 Å². The molecule has 0 heterocycles. The number of halogens is 2. The molecule has 5 heteroatoms. The number of nitrogen functional groups attached to an aromatic ring is 1. The first-order valence-corrected chi connectivity index (χ1v) is 6.60. The number of carbonyl (C=O) groups is 1. The number of hydrogen-bond acceptors (Lipinski definition) is 2. The molecule has 0 aromatic heterocycles. The van der Waals surface area contributed by atoms with Gasteiger partial charge in [0.05, 0.1) is 5.56 Å². The third-order valence-corrected chi connectivity index (χ3v) is 4.39. The Labute approximate surface area is 110 Å². The first-order chi connectivity index (χ1) is 9.04. The molecule has 2 fully saturated rings. The Balaban J connectivity index is 1.75. The number of benzene rings is 1. The molecule has 0 spiro atoms. The van der Waals surface area contributed by atoms with Crippen molar-refractivity contribution in [2.24, 2.45) is 11.8 Å². The Hall–Kier alpha value is -1.65. The van der Waals surface area contributed by atoms with Crippen LogP contribution >= 0.6 is 0 Å². The minimum absolute atomic E-state index is 0.0154. The molecule has 3 atom stereocenters. The average molecular weight is 266 g/mol. The summed E-state index contributed by atoms with van der Waals surface area (Å²) in [4.78, 5) is 12.1. The number of anilines is 1. The van der Waals surface area contributed by atoms with E-state index in [-0.39, 0.29) is 17.3 Å². The molecule has 3 rings (SSSR count). The normalized spacial score (nSPS) is 28.6. The van der Waals surface area contributed by atoms with Crippen molar-refractivity contribution in [3.63, 3.8) is 0 Å². The van der Waals surface area contributed by atoms with Crippen molar-refractivity contribution in [1.82, 2.24) is 5.32 Å². The quantitative estimate of drug-likeness (QED) is 0.808. The van der Waals surface area contributed by atoms with Crippen LogP contribution in [0.25, 0.3) is 0 Å².